The summed E-state index contributed by atoms with van der Waals surface area (Å²) >= 11 is 0. The maximum absolute atomic E-state index is 5.53. The van der Waals surface area contributed by atoms with Gasteiger partial charge in [0, 0.05) is 19.3 Å². The molecule has 4 rings (SSSR count). The van der Waals surface area contributed by atoms with Crippen molar-refractivity contribution in [3.63, 3.8) is 0 Å². The monoisotopic (exact) mass is 446 g/mol. The predicted molar refractivity (Wildman–Crippen MR) is 139 cm³/mol. The van der Waals surface area contributed by atoms with E-state index in [1.807, 2.05) is 0 Å². The van der Waals surface area contributed by atoms with Crippen LogP contribution in [0.4, 0.5) is 0 Å². The van der Waals surface area contributed by atoms with E-state index in [0.717, 1.165) is 32.4 Å². The van der Waals surface area contributed by atoms with Gasteiger partial charge in [0.1, 0.15) is 0 Å². The number of nitrogens with zero attached hydrogens (tertiary/aromatic N) is 2. The van der Waals surface area contributed by atoms with E-state index in [-0.39, 0.29) is 0 Å². The third-order valence-electron chi connectivity index (χ3n) is 6.50. The summed E-state index contributed by atoms with van der Waals surface area (Å²) in [5.74, 6) is 0. The number of benzene rings is 2. The Morgan fingerprint density at radius 1 is 1.09 bits per heavy atom. The molecule has 0 radical (unpaired) electrons. The van der Waals surface area contributed by atoms with Gasteiger partial charge in [-0.05, 0) is 62.3 Å². The maximum atomic E-state index is 5.53. The van der Waals surface area contributed by atoms with Crippen molar-refractivity contribution in [3.05, 3.63) is 84.0 Å². The molecule has 32 heavy (non-hydrogen) atoms. The Labute approximate surface area is 194 Å². The van der Waals surface area contributed by atoms with E-state index in [1.165, 1.54) is 33.9 Å². The Kier molecular flexibility index (Phi) is 7.95. The Morgan fingerprint density at radius 2 is 1.75 bits per heavy atom. The minimum atomic E-state index is -0.582. The van der Waals surface area contributed by atoms with Crippen molar-refractivity contribution in [2.45, 2.75) is 51.2 Å². The molecular formula is C28H35N2OP. The molecule has 4 heteroatoms. The average molecular weight is 447 g/mol. The molecule has 2 atom stereocenters. The summed E-state index contributed by atoms with van der Waals surface area (Å²) in [6.45, 7) is 6.33. The first-order valence-electron chi connectivity index (χ1n) is 11.8. The zero-order valence-electron chi connectivity index (χ0n) is 19.6. The number of allylic oxidation sites excluding steroid dienone is 4. The van der Waals surface area contributed by atoms with Gasteiger partial charge >= 0.3 is 0 Å². The molecule has 0 aromatic heterocycles. The van der Waals surface area contributed by atoms with Crippen molar-refractivity contribution < 1.29 is 4.74 Å². The van der Waals surface area contributed by atoms with Crippen molar-refractivity contribution in [3.8, 4) is 0 Å². The van der Waals surface area contributed by atoms with Crippen LogP contribution in [0.3, 0.4) is 0 Å². The Hall–Kier alpha value is -2.22. The normalized spacial score (nSPS) is 19.9. The largest absolute Gasteiger partial charge is 0.382 e. The fourth-order valence-corrected chi connectivity index (χ4v) is 7.71. The van der Waals surface area contributed by atoms with Gasteiger partial charge in [0.2, 0.25) is 0 Å². The Bertz CT molecular complexity index is 928. The van der Waals surface area contributed by atoms with Crippen LogP contribution in [0, 0.1) is 0 Å². The van der Waals surface area contributed by atoms with E-state index in [9.17, 15) is 0 Å². The molecule has 1 aliphatic carbocycles. The van der Waals surface area contributed by atoms with Gasteiger partial charge in [-0.15, -0.1) is 0 Å². The molecule has 2 aliphatic rings. The quantitative estimate of drug-likeness (QED) is 0.368. The summed E-state index contributed by atoms with van der Waals surface area (Å²) in [5.41, 5.74) is 4.43. The van der Waals surface area contributed by atoms with Gasteiger partial charge in [0.15, 0.2) is 0 Å². The summed E-state index contributed by atoms with van der Waals surface area (Å²) in [4.78, 5) is 0. The van der Waals surface area contributed by atoms with Crippen molar-refractivity contribution >= 4 is 24.2 Å². The van der Waals surface area contributed by atoms with Crippen LogP contribution in [0.1, 0.15) is 39.5 Å². The van der Waals surface area contributed by atoms with Gasteiger partial charge < -0.3 is 4.74 Å². The molecule has 0 bridgehead atoms. The molecule has 0 amide bonds. The molecule has 2 aromatic rings. The molecule has 1 heterocycles. The number of hydrazone groups is 1. The third-order valence-corrected chi connectivity index (χ3v) is 9.44. The summed E-state index contributed by atoms with van der Waals surface area (Å²) in [6.07, 6.45) is 8.94. The molecule has 2 aromatic carbocycles. The molecule has 3 nitrogen and oxygen atoms in total. The van der Waals surface area contributed by atoms with Crippen LogP contribution < -0.4 is 10.6 Å². The fraction of sp³-hybridized carbons (Fsp3) is 0.393. The second-order valence-electron chi connectivity index (χ2n) is 8.63. The van der Waals surface area contributed by atoms with Crippen molar-refractivity contribution in [1.82, 2.24) is 5.01 Å². The first kappa shape index (κ1) is 23.0. The van der Waals surface area contributed by atoms with E-state index in [2.05, 4.69) is 91.7 Å². The lowest BCUT2D eigenvalue weighted by atomic mass is 10.0. The number of rotatable bonds is 9. The van der Waals surface area contributed by atoms with Crippen LogP contribution in [0.25, 0.3) is 0 Å². The highest BCUT2D eigenvalue weighted by Crippen LogP contribution is 2.44. The fourth-order valence-electron chi connectivity index (χ4n) is 4.89. The highest BCUT2D eigenvalue weighted by molar-refractivity contribution is 7.74. The highest BCUT2D eigenvalue weighted by atomic mass is 31.1. The zero-order valence-corrected chi connectivity index (χ0v) is 20.5. The van der Waals surface area contributed by atoms with Crippen LogP contribution >= 0.6 is 7.92 Å². The summed E-state index contributed by atoms with van der Waals surface area (Å²) in [6, 6.07) is 22.5. The Balaban J connectivity index is 1.81. The van der Waals surface area contributed by atoms with Crippen molar-refractivity contribution in [1.29, 1.82) is 0 Å². The maximum Gasteiger partial charge on any atom is 0.0723 e. The number of hydrogen-bond acceptors (Lipinski definition) is 3. The van der Waals surface area contributed by atoms with Gasteiger partial charge in [0.25, 0.3) is 0 Å². The third kappa shape index (κ3) is 5.05. The molecule has 168 valence electrons. The Morgan fingerprint density at radius 3 is 2.28 bits per heavy atom. The van der Waals surface area contributed by atoms with Crippen molar-refractivity contribution in [2.24, 2.45) is 5.10 Å². The smallest absolute Gasteiger partial charge is 0.0723 e. The minimum absolute atomic E-state index is 0.364. The summed E-state index contributed by atoms with van der Waals surface area (Å²) < 4.78 is 5.53. The van der Waals surface area contributed by atoms with Crippen LogP contribution in [0.5, 0.6) is 0 Å². The number of methoxy groups -OCH3 is 1. The highest BCUT2D eigenvalue weighted by Gasteiger charge is 2.33. The van der Waals surface area contributed by atoms with Crippen LogP contribution in [-0.4, -0.2) is 42.7 Å². The molecule has 0 saturated carbocycles. The van der Waals surface area contributed by atoms with E-state index in [4.69, 9.17) is 9.84 Å². The lowest BCUT2D eigenvalue weighted by Crippen LogP contribution is -2.34. The van der Waals surface area contributed by atoms with E-state index >= 15 is 0 Å². The van der Waals surface area contributed by atoms with Crippen LogP contribution in [0.2, 0.25) is 0 Å². The van der Waals surface area contributed by atoms with Gasteiger partial charge in [-0.3, -0.25) is 5.01 Å². The van der Waals surface area contributed by atoms with Crippen LogP contribution in [0.15, 0.2) is 89.1 Å². The SMILES string of the molecule is CCC(/C(=N\N1CCCC1COC)C1=C(C)C=CC1)P(c1ccccc1)c1ccccc1. The predicted octanol–water partition coefficient (Wildman–Crippen LogP) is 5.64. The van der Waals surface area contributed by atoms with Gasteiger partial charge in [-0.25, -0.2) is 0 Å². The molecule has 1 aliphatic heterocycles. The minimum Gasteiger partial charge on any atom is -0.382 e. The molecule has 2 unspecified atom stereocenters. The van der Waals surface area contributed by atoms with E-state index < -0.39 is 7.92 Å². The average Bonchev–Trinajstić information content (AvgIpc) is 3.46. The second-order valence-corrected chi connectivity index (χ2v) is 11.0. The van der Waals surface area contributed by atoms with Gasteiger partial charge in [0.05, 0.1) is 18.4 Å². The molecular weight excluding hydrogens is 411 g/mol. The lowest BCUT2D eigenvalue weighted by molar-refractivity contribution is 0.118. The zero-order chi connectivity index (χ0) is 22.3. The van der Waals surface area contributed by atoms with Crippen molar-refractivity contribution in [2.75, 3.05) is 20.3 Å². The van der Waals surface area contributed by atoms with Gasteiger partial charge in [-0.2, -0.15) is 5.10 Å². The summed E-state index contributed by atoms with van der Waals surface area (Å²) in [7, 11) is 1.22. The summed E-state index contributed by atoms with van der Waals surface area (Å²) in [5, 5.41) is 10.6. The topological polar surface area (TPSA) is 24.8 Å². The van der Waals surface area contributed by atoms with E-state index in [0.29, 0.717) is 11.7 Å². The standard InChI is InChI=1S/C28H35N2OP/c1-4-27(32(24-15-7-5-8-16-24)25-17-9-6-10-18-25)28(26-19-11-13-22(26)2)29-30-20-12-14-23(30)21-31-3/h5-11,13,15-18,23,27H,4,12,14,19-21H2,1-3H3/b29-28-. The first-order valence-corrected chi connectivity index (χ1v) is 13.2. The molecule has 0 spiro atoms. The number of ether oxygens (including phenoxy) is 1. The van der Waals surface area contributed by atoms with Gasteiger partial charge in [-0.1, -0.05) is 79.7 Å². The van der Waals surface area contributed by atoms with E-state index in [1.54, 1.807) is 7.11 Å². The first-order chi connectivity index (χ1) is 15.7. The lowest BCUT2D eigenvalue weighted by Gasteiger charge is -2.32. The second kappa shape index (κ2) is 11.1. The van der Waals surface area contributed by atoms with Crippen LogP contribution in [-0.2, 0) is 4.74 Å². The molecule has 0 N–H and O–H groups in total. The molecule has 1 saturated heterocycles. The molecule has 1 fully saturated rings. The number of hydrogen-bond donors (Lipinski definition) is 0.